The molecule has 0 saturated carbocycles. The van der Waals surface area contributed by atoms with Crippen LogP contribution in [0.2, 0.25) is 0 Å². The Morgan fingerprint density at radius 1 is 1.14 bits per heavy atom. The Kier molecular flexibility index (Phi) is 7.77. The molecule has 0 unspecified atom stereocenters. The molecule has 6 nitrogen and oxygen atoms in total. The minimum atomic E-state index is -0.745. The summed E-state index contributed by atoms with van der Waals surface area (Å²) in [4.78, 5) is 24.5. The molecule has 2 atom stereocenters. The number of rotatable bonds is 8. The van der Waals surface area contributed by atoms with Gasteiger partial charge in [0.2, 0.25) is 0 Å². The van der Waals surface area contributed by atoms with E-state index in [-0.39, 0.29) is 36.0 Å². The van der Waals surface area contributed by atoms with Crippen molar-refractivity contribution in [2.24, 2.45) is 5.92 Å². The Morgan fingerprint density at radius 3 is 2.46 bits per heavy atom. The van der Waals surface area contributed by atoms with Gasteiger partial charge < -0.3 is 20.6 Å². The number of phenols is 1. The van der Waals surface area contributed by atoms with Gasteiger partial charge in [-0.05, 0) is 36.1 Å². The highest BCUT2D eigenvalue weighted by molar-refractivity contribution is 6.27. The molecule has 1 amide bonds. The number of nitrogens with one attached hydrogen (secondary N) is 1. The summed E-state index contributed by atoms with van der Waals surface area (Å²) in [5, 5.41) is 31.1. The summed E-state index contributed by atoms with van der Waals surface area (Å²) < 4.78 is 0. The van der Waals surface area contributed by atoms with Gasteiger partial charge >= 0.3 is 0 Å². The number of phenolic OH excluding ortho intramolecular Hbond substituents is 1. The summed E-state index contributed by atoms with van der Waals surface area (Å²) in [5.74, 6) is -1.22. The van der Waals surface area contributed by atoms with E-state index in [1.54, 1.807) is 30.4 Å². The van der Waals surface area contributed by atoms with E-state index in [4.69, 9.17) is 5.11 Å². The van der Waals surface area contributed by atoms with Crippen molar-refractivity contribution in [2.75, 3.05) is 6.61 Å². The number of Topliss-reactive ketones (excluding diaryl/α,β-unsaturated/α-hetero) is 1. The van der Waals surface area contributed by atoms with Crippen molar-refractivity contribution in [2.45, 2.75) is 25.8 Å². The van der Waals surface area contributed by atoms with E-state index in [1.165, 1.54) is 24.3 Å². The maximum Gasteiger partial charge on any atom is 0.259 e. The second kappa shape index (κ2) is 10.3. The zero-order valence-electron chi connectivity index (χ0n) is 15.7. The van der Waals surface area contributed by atoms with Gasteiger partial charge in [-0.25, -0.2) is 0 Å². The quantitative estimate of drug-likeness (QED) is 0.239. The number of ketones is 1. The Hall–Kier alpha value is -3.12. The van der Waals surface area contributed by atoms with Crippen LogP contribution >= 0.6 is 0 Å². The Balaban J connectivity index is 2.01. The van der Waals surface area contributed by atoms with Crippen LogP contribution in [0.25, 0.3) is 0 Å². The summed E-state index contributed by atoms with van der Waals surface area (Å²) in [6.45, 7) is 2.07. The minimum absolute atomic E-state index is 0.0894. The number of carbonyl (C=O) groups excluding carboxylic acids is 2. The standard InChI is InChI=1S/C22H25NO5/c1-2-15(14-24)7-5-3-4-6-8-19(26)20-21(27)18(23-22(20)28)13-16-9-11-17(25)12-10-16/h3-12,15,18,24-26H,2,13-14H2,1H3,(H,23,28)/b4-3+,7-5+,8-6+,20-19+/t15-,18-/m0/s1. The van der Waals surface area contributed by atoms with Gasteiger partial charge in [-0.2, -0.15) is 0 Å². The number of aliphatic hydroxyl groups excluding tert-OH is 2. The molecule has 1 aliphatic rings. The number of aliphatic hydroxyl groups is 2. The van der Waals surface area contributed by atoms with Crippen LogP contribution in [0.1, 0.15) is 18.9 Å². The number of amides is 1. The monoisotopic (exact) mass is 383 g/mol. The lowest BCUT2D eigenvalue weighted by Gasteiger charge is -2.07. The van der Waals surface area contributed by atoms with Crippen molar-refractivity contribution in [1.82, 2.24) is 5.32 Å². The van der Waals surface area contributed by atoms with Crippen LogP contribution in [-0.2, 0) is 16.0 Å². The second-order valence-electron chi connectivity index (χ2n) is 6.50. The molecular weight excluding hydrogens is 358 g/mol. The number of carbonyl (C=O) groups is 2. The lowest BCUT2D eigenvalue weighted by Crippen LogP contribution is -2.31. The van der Waals surface area contributed by atoms with E-state index in [0.717, 1.165) is 12.0 Å². The van der Waals surface area contributed by atoms with Crippen molar-refractivity contribution >= 4 is 11.7 Å². The Labute approximate surface area is 164 Å². The van der Waals surface area contributed by atoms with E-state index in [9.17, 15) is 19.8 Å². The second-order valence-corrected chi connectivity index (χ2v) is 6.50. The highest BCUT2D eigenvalue weighted by Crippen LogP contribution is 2.19. The zero-order chi connectivity index (χ0) is 20.5. The SMILES string of the molecule is CC[C@@H](/C=C/C=C/C=C/C(O)=C1\C(=O)N[C@@H](Cc2ccc(O)cc2)C1=O)CO. The van der Waals surface area contributed by atoms with Gasteiger partial charge in [0.1, 0.15) is 17.1 Å². The van der Waals surface area contributed by atoms with Gasteiger partial charge in [0.15, 0.2) is 5.78 Å². The smallest absolute Gasteiger partial charge is 0.259 e. The van der Waals surface area contributed by atoms with Gasteiger partial charge in [0.25, 0.3) is 5.91 Å². The maximum atomic E-state index is 12.5. The van der Waals surface area contributed by atoms with Crippen molar-refractivity contribution < 1.29 is 24.9 Å². The van der Waals surface area contributed by atoms with Crippen LogP contribution in [0.5, 0.6) is 5.75 Å². The Morgan fingerprint density at radius 2 is 1.82 bits per heavy atom. The summed E-state index contributed by atoms with van der Waals surface area (Å²) in [6, 6.07) is 5.63. The fraction of sp³-hybridized carbons (Fsp3) is 0.273. The molecule has 2 rings (SSSR count). The Bertz CT molecular complexity index is 814. The number of allylic oxidation sites excluding steroid dienone is 5. The molecule has 0 spiro atoms. The molecule has 1 heterocycles. The van der Waals surface area contributed by atoms with E-state index in [2.05, 4.69) is 5.32 Å². The van der Waals surface area contributed by atoms with Gasteiger partial charge in [-0.15, -0.1) is 0 Å². The van der Waals surface area contributed by atoms with Crippen molar-refractivity contribution in [3.8, 4) is 5.75 Å². The summed E-state index contributed by atoms with van der Waals surface area (Å²) in [6.07, 6.45) is 11.0. The molecule has 6 heteroatoms. The molecule has 1 saturated heterocycles. The topological polar surface area (TPSA) is 107 Å². The van der Waals surface area contributed by atoms with E-state index < -0.39 is 17.7 Å². The summed E-state index contributed by atoms with van der Waals surface area (Å²) >= 11 is 0. The fourth-order valence-electron chi connectivity index (χ4n) is 2.74. The first kappa shape index (κ1) is 21.2. The molecule has 4 N–H and O–H groups in total. The minimum Gasteiger partial charge on any atom is -0.508 e. The molecule has 0 radical (unpaired) electrons. The van der Waals surface area contributed by atoms with E-state index in [0.29, 0.717) is 0 Å². The van der Waals surface area contributed by atoms with Gasteiger partial charge in [0, 0.05) is 13.0 Å². The molecule has 148 valence electrons. The van der Waals surface area contributed by atoms with E-state index >= 15 is 0 Å². The van der Waals surface area contributed by atoms with Crippen molar-refractivity contribution in [3.05, 3.63) is 77.6 Å². The highest BCUT2D eigenvalue weighted by atomic mass is 16.3. The third kappa shape index (κ3) is 5.69. The van der Waals surface area contributed by atoms with Crippen LogP contribution < -0.4 is 5.32 Å². The van der Waals surface area contributed by atoms with Crippen LogP contribution in [0, 0.1) is 5.92 Å². The maximum absolute atomic E-state index is 12.5. The predicted octanol–water partition coefficient (Wildman–Crippen LogP) is 2.50. The average molecular weight is 383 g/mol. The number of aromatic hydroxyl groups is 1. The molecule has 1 aromatic rings. The lowest BCUT2D eigenvalue weighted by atomic mass is 10.0. The molecule has 1 aliphatic heterocycles. The fourth-order valence-corrected chi connectivity index (χ4v) is 2.74. The zero-order valence-corrected chi connectivity index (χ0v) is 15.7. The third-order valence-corrected chi connectivity index (χ3v) is 4.46. The van der Waals surface area contributed by atoms with Crippen LogP contribution in [-0.4, -0.2) is 39.7 Å². The largest absolute Gasteiger partial charge is 0.508 e. The van der Waals surface area contributed by atoms with Crippen LogP contribution in [0.4, 0.5) is 0 Å². The van der Waals surface area contributed by atoms with Gasteiger partial charge in [-0.1, -0.05) is 49.4 Å². The molecular formula is C22H25NO5. The summed E-state index contributed by atoms with van der Waals surface area (Å²) in [5.41, 5.74) is 0.533. The summed E-state index contributed by atoms with van der Waals surface area (Å²) in [7, 11) is 0. The van der Waals surface area contributed by atoms with Crippen molar-refractivity contribution in [3.63, 3.8) is 0 Å². The molecule has 28 heavy (non-hydrogen) atoms. The molecule has 0 aliphatic carbocycles. The van der Waals surface area contributed by atoms with Crippen molar-refractivity contribution in [1.29, 1.82) is 0 Å². The first-order chi connectivity index (χ1) is 13.5. The normalized spacial score (nSPS) is 20.4. The number of hydrogen-bond acceptors (Lipinski definition) is 5. The van der Waals surface area contributed by atoms with Crippen LogP contribution in [0.3, 0.4) is 0 Å². The molecule has 1 aromatic carbocycles. The van der Waals surface area contributed by atoms with Gasteiger partial charge in [0.05, 0.1) is 6.04 Å². The average Bonchev–Trinajstić information content (AvgIpc) is 2.96. The number of benzene rings is 1. The first-order valence-corrected chi connectivity index (χ1v) is 9.14. The van der Waals surface area contributed by atoms with E-state index in [1.807, 2.05) is 13.0 Å². The third-order valence-electron chi connectivity index (χ3n) is 4.46. The first-order valence-electron chi connectivity index (χ1n) is 9.14. The molecule has 0 bridgehead atoms. The predicted molar refractivity (Wildman–Crippen MR) is 107 cm³/mol. The molecule has 0 aromatic heterocycles. The van der Waals surface area contributed by atoms with Crippen LogP contribution in [0.15, 0.2) is 72.1 Å². The molecule has 1 fully saturated rings. The number of hydrogen-bond donors (Lipinski definition) is 4. The highest BCUT2D eigenvalue weighted by Gasteiger charge is 2.37. The van der Waals surface area contributed by atoms with Gasteiger partial charge in [-0.3, -0.25) is 9.59 Å². The lowest BCUT2D eigenvalue weighted by molar-refractivity contribution is -0.117.